The Balaban J connectivity index is 1.37. The van der Waals surface area contributed by atoms with E-state index in [2.05, 4.69) is 40.0 Å². The summed E-state index contributed by atoms with van der Waals surface area (Å²) in [4.78, 5) is 15.2. The fourth-order valence-electron chi connectivity index (χ4n) is 2.79. The first-order chi connectivity index (χ1) is 12.3. The van der Waals surface area contributed by atoms with Gasteiger partial charge < -0.3 is 20.4 Å². The molecular formula is C20H23N3O2. The first-order valence-electron chi connectivity index (χ1n) is 8.46. The largest absolute Gasteiger partial charge is 0.497 e. The molecule has 25 heavy (non-hydrogen) atoms. The van der Waals surface area contributed by atoms with Crippen LogP contribution in [0.5, 0.6) is 5.75 Å². The van der Waals surface area contributed by atoms with E-state index >= 15 is 0 Å². The molecule has 0 saturated carbocycles. The SMILES string of the molecule is COc1ccc(NC(=O)CCNCCc2c[nH]c3ccccc23)cc1. The van der Waals surface area contributed by atoms with Crippen molar-refractivity contribution in [3.63, 3.8) is 0 Å². The van der Waals surface area contributed by atoms with Crippen molar-refractivity contribution in [3.05, 3.63) is 60.3 Å². The Morgan fingerprint density at radius 2 is 1.88 bits per heavy atom. The maximum Gasteiger partial charge on any atom is 0.225 e. The molecular weight excluding hydrogens is 314 g/mol. The van der Waals surface area contributed by atoms with Crippen molar-refractivity contribution in [3.8, 4) is 5.75 Å². The third-order valence-corrected chi connectivity index (χ3v) is 4.15. The topological polar surface area (TPSA) is 66.2 Å². The summed E-state index contributed by atoms with van der Waals surface area (Å²) in [5.41, 5.74) is 3.24. The second-order valence-electron chi connectivity index (χ2n) is 5.89. The van der Waals surface area contributed by atoms with Crippen LogP contribution in [0.4, 0.5) is 5.69 Å². The zero-order chi connectivity index (χ0) is 17.5. The number of anilines is 1. The van der Waals surface area contributed by atoms with Gasteiger partial charge in [0.15, 0.2) is 0 Å². The lowest BCUT2D eigenvalue weighted by Gasteiger charge is -2.07. The Kier molecular flexibility index (Phi) is 5.69. The van der Waals surface area contributed by atoms with Gasteiger partial charge in [0.2, 0.25) is 5.91 Å². The number of methoxy groups -OCH3 is 1. The van der Waals surface area contributed by atoms with E-state index in [4.69, 9.17) is 4.74 Å². The van der Waals surface area contributed by atoms with E-state index in [1.54, 1.807) is 7.11 Å². The van der Waals surface area contributed by atoms with Crippen LogP contribution in [0.25, 0.3) is 10.9 Å². The molecule has 1 heterocycles. The van der Waals surface area contributed by atoms with Crippen molar-refractivity contribution in [1.82, 2.24) is 10.3 Å². The first-order valence-corrected chi connectivity index (χ1v) is 8.46. The van der Waals surface area contributed by atoms with Gasteiger partial charge in [0.05, 0.1) is 7.11 Å². The number of aromatic nitrogens is 1. The molecule has 0 aliphatic heterocycles. The number of carbonyl (C=O) groups is 1. The number of amides is 1. The highest BCUT2D eigenvalue weighted by atomic mass is 16.5. The molecule has 0 spiro atoms. The maximum atomic E-state index is 11.9. The normalized spacial score (nSPS) is 10.8. The maximum absolute atomic E-state index is 11.9. The number of ether oxygens (including phenoxy) is 1. The average Bonchev–Trinajstić information content (AvgIpc) is 3.05. The van der Waals surface area contributed by atoms with E-state index in [9.17, 15) is 4.79 Å². The number of benzene rings is 2. The summed E-state index contributed by atoms with van der Waals surface area (Å²) in [6, 6.07) is 15.6. The van der Waals surface area contributed by atoms with Gasteiger partial charge in [-0.2, -0.15) is 0 Å². The lowest BCUT2D eigenvalue weighted by atomic mass is 10.1. The quantitative estimate of drug-likeness (QED) is 0.552. The third-order valence-electron chi connectivity index (χ3n) is 4.15. The third kappa shape index (κ3) is 4.61. The van der Waals surface area contributed by atoms with Crippen LogP contribution in [0.1, 0.15) is 12.0 Å². The minimum atomic E-state index is 0.00441. The summed E-state index contributed by atoms with van der Waals surface area (Å²) < 4.78 is 5.10. The highest BCUT2D eigenvalue weighted by Crippen LogP contribution is 2.17. The van der Waals surface area contributed by atoms with Gasteiger partial charge in [-0.15, -0.1) is 0 Å². The zero-order valence-electron chi connectivity index (χ0n) is 14.3. The zero-order valence-corrected chi connectivity index (χ0v) is 14.3. The molecule has 0 atom stereocenters. The van der Waals surface area contributed by atoms with E-state index < -0.39 is 0 Å². The summed E-state index contributed by atoms with van der Waals surface area (Å²) in [6.07, 6.45) is 3.44. The minimum Gasteiger partial charge on any atom is -0.497 e. The Morgan fingerprint density at radius 3 is 2.68 bits per heavy atom. The predicted octanol–water partition coefficient (Wildman–Crippen LogP) is 3.34. The summed E-state index contributed by atoms with van der Waals surface area (Å²) in [5, 5.41) is 7.48. The van der Waals surface area contributed by atoms with E-state index in [0.717, 1.165) is 29.9 Å². The van der Waals surface area contributed by atoms with Gasteiger partial charge in [0.25, 0.3) is 0 Å². The molecule has 3 N–H and O–H groups in total. The fraction of sp³-hybridized carbons (Fsp3) is 0.250. The number of hydrogen-bond donors (Lipinski definition) is 3. The molecule has 0 bridgehead atoms. The van der Waals surface area contributed by atoms with Crippen LogP contribution in [0, 0.1) is 0 Å². The van der Waals surface area contributed by atoms with Crippen molar-refractivity contribution in [2.45, 2.75) is 12.8 Å². The molecule has 130 valence electrons. The van der Waals surface area contributed by atoms with E-state index in [0.29, 0.717) is 13.0 Å². The Bertz CT molecular complexity index is 824. The monoisotopic (exact) mass is 337 g/mol. The van der Waals surface area contributed by atoms with Crippen LogP contribution in [0.3, 0.4) is 0 Å². The average molecular weight is 337 g/mol. The highest BCUT2D eigenvalue weighted by molar-refractivity contribution is 5.90. The van der Waals surface area contributed by atoms with Gasteiger partial charge in [-0.1, -0.05) is 18.2 Å². The molecule has 2 aromatic carbocycles. The number of fused-ring (bicyclic) bond motifs is 1. The van der Waals surface area contributed by atoms with Crippen molar-refractivity contribution in [2.24, 2.45) is 0 Å². The molecule has 0 fully saturated rings. The molecule has 0 aliphatic carbocycles. The minimum absolute atomic E-state index is 0.00441. The van der Waals surface area contributed by atoms with Crippen LogP contribution >= 0.6 is 0 Å². The molecule has 0 saturated heterocycles. The van der Waals surface area contributed by atoms with Gasteiger partial charge in [-0.05, 0) is 48.9 Å². The summed E-state index contributed by atoms with van der Waals surface area (Å²) in [6.45, 7) is 1.50. The number of H-pyrrole nitrogens is 1. The molecule has 5 heteroatoms. The van der Waals surface area contributed by atoms with Crippen LogP contribution < -0.4 is 15.4 Å². The van der Waals surface area contributed by atoms with Crippen LogP contribution in [0.2, 0.25) is 0 Å². The molecule has 1 aromatic heterocycles. The molecule has 5 nitrogen and oxygen atoms in total. The Morgan fingerprint density at radius 1 is 1.08 bits per heavy atom. The summed E-state index contributed by atoms with van der Waals surface area (Å²) >= 11 is 0. The summed E-state index contributed by atoms with van der Waals surface area (Å²) in [7, 11) is 1.62. The Labute approximate surface area is 147 Å². The second-order valence-corrected chi connectivity index (χ2v) is 5.89. The first kappa shape index (κ1) is 17.0. The van der Waals surface area contributed by atoms with E-state index in [1.807, 2.05) is 30.3 Å². The second kappa shape index (κ2) is 8.35. The van der Waals surface area contributed by atoms with Crippen molar-refractivity contribution >= 4 is 22.5 Å². The van der Waals surface area contributed by atoms with Gasteiger partial charge >= 0.3 is 0 Å². The van der Waals surface area contributed by atoms with Gasteiger partial charge in [-0.25, -0.2) is 0 Å². The molecule has 3 rings (SSSR count). The number of rotatable bonds is 8. The molecule has 0 unspecified atom stereocenters. The number of aromatic amines is 1. The fourth-order valence-corrected chi connectivity index (χ4v) is 2.79. The van der Waals surface area contributed by atoms with Crippen LogP contribution in [-0.4, -0.2) is 31.1 Å². The number of nitrogens with one attached hydrogen (secondary N) is 3. The number of carbonyl (C=O) groups excluding carboxylic acids is 1. The predicted molar refractivity (Wildman–Crippen MR) is 101 cm³/mol. The lowest BCUT2D eigenvalue weighted by Crippen LogP contribution is -2.23. The van der Waals surface area contributed by atoms with Gasteiger partial charge in [-0.3, -0.25) is 4.79 Å². The standard InChI is InChI=1S/C20H23N3O2/c1-25-17-8-6-16(7-9-17)23-20(24)11-13-21-12-10-15-14-22-19-5-3-2-4-18(15)19/h2-9,14,21-22H,10-13H2,1H3,(H,23,24). The van der Waals surface area contributed by atoms with E-state index in [-0.39, 0.29) is 5.91 Å². The number of hydrogen-bond acceptors (Lipinski definition) is 3. The smallest absolute Gasteiger partial charge is 0.225 e. The van der Waals surface area contributed by atoms with Crippen molar-refractivity contribution < 1.29 is 9.53 Å². The molecule has 0 aliphatic rings. The highest BCUT2D eigenvalue weighted by Gasteiger charge is 2.04. The number of para-hydroxylation sites is 1. The van der Waals surface area contributed by atoms with Gasteiger partial charge in [0.1, 0.15) is 5.75 Å². The Hall–Kier alpha value is -2.79. The van der Waals surface area contributed by atoms with Crippen LogP contribution in [0.15, 0.2) is 54.7 Å². The molecule has 1 amide bonds. The molecule has 0 radical (unpaired) electrons. The van der Waals surface area contributed by atoms with E-state index in [1.165, 1.54) is 10.9 Å². The van der Waals surface area contributed by atoms with Crippen molar-refractivity contribution in [1.29, 1.82) is 0 Å². The van der Waals surface area contributed by atoms with Crippen molar-refractivity contribution in [2.75, 3.05) is 25.5 Å². The molecule has 3 aromatic rings. The van der Waals surface area contributed by atoms with Gasteiger partial charge in [0, 0.05) is 35.8 Å². The van der Waals surface area contributed by atoms with Crippen LogP contribution in [-0.2, 0) is 11.2 Å². The summed E-state index contributed by atoms with van der Waals surface area (Å²) in [5.74, 6) is 0.779. The lowest BCUT2D eigenvalue weighted by molar-refractivity contribution is -0.116.